The van der Waals surface area contributed by atoms with Crippen molar-refractivity contribution in [2.24, 2.45) is 0 Å². The van der Waals surface area contributed by atoms with Crippen molar-refractivity contribution in [1.82, 2.24) is 15.5 Å². The van der Waals surface area contributed by atoms with Gasteiger partial charge in [-0.3, -0.25) is 9.89 Å². The molecule has 1 amide bonds. The molecule has 0 spiro atoms. The summed E-state index contributed by atoms with van der Waals surface area (Å²) in [6.07, 6.45) is 4.57. The highest BCUT2D eigenvalue weighted by molar-refractivity contribution is 6.30. The Morgan fingerprint density at radius 3 is 2.84 bits per heavy atom. The number of aromatic nitrogens is 2. The maximum atomic E-state index is 12.2. The summed E-state index contributed by atoms with van der Waals surface area (Å²) < 4.78 is 5.15. The number of furan rings is 1. The quantitative estimate of drug-likeness (QED) is 0.542. The fraction of sp³-hybridized carbons (Fsp3) is 0.0556. The topological polar surface area (TPSA) is 94.7 Å². The SMILES string of the molecule is N#CC(=Cc1cn[nH]c1-c1ccc(Cl)cc1)C(=O)NCc1ccco1. The van der Waals surface area contributed by atoms with Crippen LogP contribution in [-0.4, -0.2) is 16.1 Å². The Kier molecular flexibility index (Phi) is 4.97. The third-order valence-electron chi connectivity index (χ3n) is 3.47. The normalized spacial score (nSPS) is 11.1. The number of hydrogen-bond acceptors (Lipinski definition) is 4. The van der Waals surface area contributed by atoms with Gasteiger partial charge in [-0.05, 0) is 30.3 Å². The molecule has 0 aliphatic rings. The number of amides is 1. The van der Waals surface area contributed by atoms with Crippen LogP contribution in [0.2, 0.25) is 5.02 Å². The van der Waals surface area contributed by atoms with Crippen LogP contribution >= 0.6 is 11.6 Å². The highest BCUT2D eigenvalue weighted by Gasteiger charge is 2.12. The standard InChI is InChI=1S/C18H13ClN4O2/c19-15-5-3-12(4-6-15)17-14(10-22-23-17)8-13(9-20)18(24)21-11-16-2-1-7-25-16/h1-8,10H,11H2,(H,21,24)(H,22,23). The molecule has 1 aromatic carbocycles. The van der Waals surface area contributed by atoms with E-state index in [-0.39, 0.29) is 12.1 Å². The van der Waals surface area contributed by atoms with E-state index in [1.165, 1.54) is 12.3 Å². The number of nitrogens with zero attached hydrogens (tertiary/aromatic N) is 2. The first-order chi connectivity index (χ1) is 12.2. The summed E-state index contributed by atoms with van der Waals surface area (Å²) in [6, 6.07) is 12.6. The van der Waals surface area contributed by atoms with E-state index in [1.54, 1.807) is 30.5 Å². The van der Waals surface area contributed by atoms with Gasteiger partial charge in [-0.15, -0.1) is 0 Å². The summed E-state index contributed by atoms with van der Waals surface area (Å²) in [5.41, 5.74) is 2.15. The summed E-state index contributed by atoms with van der Waals surface area (Å²) in [5.74, 6) is 0.123. The minimum absolute atomic E-state index is 0.0248. The molecule has 124 valence electrons. The molecule has 0 aliphatic heterocycles. The largest absolute Gasteiger partial charge is 0.467 e. The third-order valence-corrected chi connectivity index (χ3v) is 3.72. The molecule has 0 unspecified atom stereocenters. The molecule has 7 heteroatoms. The predicted octanol–water partition coefficient (Wildman–Crippen LogP) is 3.55. The Balaban J connectivity index is 1.81. The Hall–Kier alpha value is -3.30. The first-order valence-corrected chi connectivity index (χ1v) is 7.77. The van der Waals surface area contributed by atoms with Gasteiger partial charge in [0, 0.05) is 16.1 Å². The fourth-order valence-electron chi connectivity index (χ4n) is 2.23. The Labute approximate surface area is 148 Å². The molecular formula is C18H13ClN4O2. The first kappa shape index (κ1) is 16.6. The molecule has 0 saturated carbocycles. The molecule has 0 saturated heterocycles. The molecule has 0 bridgehead atoms. The van der Waals surface area contributed by atoms with Gasteiger partial charge in [0.1, 0.15) is 17.4 Å². The summed E-state index contributed by atoms with van der Waals surface area (Å²) in [7, 11) is 0. The van der Waals surface area contributed by atoms with Crippen molar-refractivity contribution in [2.45, 2.75) is 6.54 Å². The minimum atomic E-state index is -0.484. The van der Waals surface area contributed by atoms with Gasteiger partial charge in [0.15, 0.2) is 0 Å². The molecule has 0 atom stereocenters. The van der Waals surface area contributed by atoms with Crippen LogP contribution in [0.3, 0.4) is 0 Å². The molecular weight excluding hydrogens is 340 g/mol. The van der Waals surface area contributed by atoms with E-state index in [0.29, 0.717) is 22.0 Å². The van der Waals surface area contributed by atoms with Crippen LogP contribution in [0.4, 0.5) is 0 Å². The highest BCUT2D eigenvalue weighted by atomic mass is 35.5. The van der Waals surface area contributed by atoms with E-state index >= 15 is 0 Å². The van der Waals surface area contributed by atoms with Crippen LogP contribution in [0.1, 0.15) is 11.3 Å². The van der Waals surface area contributed by atoms with E-state index < -0.39 is 5.91 Å². The van der Waals surface area contributed by atoms with Gasteiger partial charge in [-0.25, -0.2) is 0 Å². The Bertz CT molecular complexity index is 934. The number of benzene rings is 1. The second-order valence-corrected chi connectivity index (χ2v) is 5.58. The highest BCUT2D eigenvalue weighted by Crippen LogP contribution is 2.24. The van der Waals surface area contributed by atoms with Crippen molar-refractivity contribution in [3.8, 4) is 17.3 Å². The lowest BCUT2D eigenvalue weighted by atomic mass is 10.1. The van der Waals surface area contributed by atoms with Crippen molar-refractivity contribution >= 4 is 23.6 Å². The number of carbonyl (C=O) groups excluding carboxylic acids is 1. The van der Waals surface area contributed by atoms with Gasteiger partial charge >= 0.3 is 0 Å². The molecule has 0 radical (unpaired) electrons. The van der Waals surface area contributed by atoms with E-state index in [9.17, 15) is 10.1 Å². The summed E-state index contributed by atoms with van der Waals surface area (Å²) >= 11 is 5.90. The van der Waals surface area contributed by atoms with Crippen LogP contribution in [0.15, 0.2) is 58.8 Å². The number of nitrogens with one attached hydrogen (secondary N) is 2. The van der Waals surface area contributed by atoms with E-state index in [0.717, 1.165) is 5.56 Å². The van der Waals surface area contributed by atoms with Gasteiger partial charge in [-0.1, -0.05) is 23.7 Å². The van der Waals surface area contributed by atoms with E-state index in [1.807, 2.05) is 18.2 Å². The Morgan fingerprint density at radius 1 is 1.36 bits per heavy atom. The number of hydrogen-bond donors (Lipinski definition) is 2. The average molecular weight is 353 g/mol. The second-order valence-electron chi connectivity index (χ2n) is 5.14. The zero-order chi connectivity index (χ0) is 17.6. The first-order valence-electron chi connectivity index (χ1n) is 7.39. The number of aromatic amines is 1. The number of halogens is 1. The molecule has 0 aliphatic carbocycles. The van der Waals surface area contributed by atoms with Crippen LogP contribution < -0.4 is 5.32 Å². The smallest absolute Gasteiger partial charge is 0.262 e. The van der Waals surface area contributed by atoms with E-state index in [2.05, 4.69) is 15.5 Å². The lowest BCUT2D eigenvalue weighted by Crippen LogP contribution is -2.23. The van der Waals surface area contributed by atoms with E-state index in [4.69, 9.17) is 16.0 Å². The molecule has 25 heavy (non-hydrogen) atoms. The molecule has 2 heterocycles. The average Bonchev–Trinajstić information content (AvgIpc) is 3.30. The summed E-state index contributed by atoms with van der Waals surface area (Å²) in [4.78, 5) is 12.2. The van der Waals surface area contributed by atoms with Crippen molar-refractivity contribution in [1.29, 1.82) is 5.26 Å². The predicted molar refractivity (Wildman–Crippen MR) is 93.2 cm³/mol. The second kappa shape index (κ2) is 7.51. The van der Waals surface area contributed by atoms with Gasteiger partial charge in [-0.2, -0.15) is 10.4 Å². The van der Waals surface area contributed by atoms with Crippen molar-refractivity contribution in [3.63, 3.8) is 0 Å². The molecule has 0 fully saturated rings. The number of nitriles is 1. The van der Waals surface area contributed by atoms with Crippen LogP contribution in [0.5, 0.6) is 0 Å². The third kappa shape index (κ3) is 3.97. The van der Waals surface area contributed by atoms with Gasteiger partial charge < -0.3 is 9.73 Å². The lowest BCUT2D eigenvalue weighted by molar-refractivity contribution is -0.117. The molecule has 2 N–H and O–H groups in total. The van der Waals surface area contributed by atoms with Crippen LogP contribution in [0.25, 0.3) is 17.3 Å². The van der Waals surface area contributed by atoms with Crippen LogP contribution in [0, 0.1) is 11.3 Å². The van der Waals surface area contributed by atoms with Gasteiger partial charge in [0.25, 0.3) is 5.91 Å². The van der Waals surface area contributed by atoms with Crippen molar-refractivity contribution < 1.29 is 9.21 Å². The zero-order valence-electron chi connectivity index (χ0n) is 13.0. The lowest BCUT2D eigenvalue weighted by Gasteiger charge is -2.03. The van der Waals surface area contributed by atoms with Gasteiger partial charge in [0.05, 0.1) is 24.7 Å². The summed E-state index contributed by atoms with van der Waals surface area (Å²) in [6.45, 7) is 0.209. The molecule has 3 rings (SSSR count). The number of H-pyrrole nitrogens is 1. The number of carbonyl (C=O) groups is 1. The number of rotatable bonds is 5. The zero-order valence-corrected chi connectivity index (χ0v) is 13.7. The molecule has 6 nitrogen and oxygen atoms in total. The minimum Gasteiger partial charge on any atom is -0.467 e. The maximum absolute atomic E-state index is 12.2. The molecule has 2 aromatic heterocycles. The Morgan fingerprint density at radius 2 is 2.16 bits per heavy atom. The summed E-state index contributed by atoms with van der Waals surface area (Å²) in [5, 5.41) is 19.4. The van der Waals surface area contributed by atoms with Crippen molar-refractivity contribution in [2.75, 3.05) is 0 Å². The van der Waals surface area contributed by atoms with Crippen molar-refractivity contribution in [3.05, 3.63) is 70.8 Å². The van der Waals surface area contributed by atoms with Crippen LogP contribution in [-0.2, 0) is 11.3 Å². The van der Waals surface area contributed by atoms with Gasteiger partial charge in [0.2, 0.25) is 0 Å². The molecule has 3 aromatic rings. The monoisotopic (exact) mass is 352 g/mol. The maximum Gasteiger partial charge on any atom is 0.262 e. The fourth-order valence-corrected chi connectivity index (χ4v) is 2.36.